The zero-order chi connectivity index (χ0) is 17.2. The van der Waals surface area contributed by atoms with Gasteiger partial charge in [0.1, 0.15) is 5.65 Å². The van der Waals surface area contributed by atoms with Gasteiger partial charge in [-0.15, -0.1) is 0 Å². The molecule has 0 aliphatic heterocycles. The number of hydrogen-bond acceptors (Lipinski definition) is 4. The molecule has 0 aliphatic carbocycles. The van der Waals surface area contributed by atoms with Crippen LogP contribution in [0.1, 0.15) is 5.69 Å². The number of hydrogen-bond donors (Lipinski definition) is 1. The van der Waals surface area contributed by atoms with Crippen LogP contribution in [-0.4, -0.2) is 19.4 Å². The van der Waals surface area contributed by atoms with Crippen LogP contribution >= 0.6 is 23.4 Å². The number of fused-ring (bicyclic) bond motifs is 1. The van der Waals surface area contributed by atoms with E-state index in [0.717, 1.165) is 16.4 Å². The average Bonchev–Trinajstić information content (AvgIpc) is 3.10. The highest BCUT2D eigenvalue weighted by Gasteiger charge is 2.07. The third kappa shape index (κ3) is 3.45. The fourth-order valence-corrected chi connectivity index (χ4v) is 3.39. The van der Waals surface area contributed by atoms with E-state index >= 15 is 0 Å². The maximum atomic E-state index is 12.2. The number of imidazole rings is 1. The lowest BCUT2D eigenvalue weighted by Crippen LogP contribution is -2.15. The van der Waals surface area contributed by atoms with E-state index < -0.39 is 0 Å². The van der Waals surface area contributed by atoms with Crippen LogP contribution in [0.3, 0.4) is 0 Å². The molecule has 1 aromatic carbocycles. The Hall–Kier alpha value is -2.57. The first kappa shape index (κ1) is 15.9. The molecule has 124 valence electrons. The highest BCUT2D eigenvalue weighted by atomic mass is 35.5. The quantitative estimate of drug-likeness (QED) is 0.552. The van der Waals surface area contributed by atoms with E-state index in [0.29, 0.717) is 22.1 Å². The summed E-state index contributed by atoms with van der Waals surface area (Å²) >= 11 is 7.43. The van der Waals surface area contributed by atoms with Gasteiger partial charge in [-0.05, 0) is 17.7 Å². The molecule has 5 nitrogen and oxygen atoms in total. The predicted octanol–water partition coefficient (Wildman–Crippen LogP) is 4.03. The van der Waals surface area contributed by atoms with E-state index in [1.165, 1.54) is 22.2 Å². The lowest BCUT2D eigenvalue weighted by atomic mass is 10.2. The smallest absolute Gasteiger partial charge is 0.258 e. The van der Waals surface area contributed by atoms with Crippen molar-refractivity contribution in [1.82, 2.24) is 19.4 Å². The van der Waals surface area contributed by atoms with Crippen LogP contribution in [-0.2, 0) is 5.75 Å². The summed E-state index contributed by atoms with van der Waals surface area (Å²) in [6.07, 6.45) is 3.38. The summed E-state index contributed by atoms with van der Waals surface area (Å²) in [5.74, 6) is 0.552. The van der Waals surface area contributed by atoms with Gasteiger partial charge in [-0.1, -0.05) is 53.7 Å². The summed E-state index contributed by atoms with van der Waals surface area (Å²) in [5.41, 5.74) is 3.18. The van der Waals surface area contributed by atoms with Crippen molar-refractivity contribution in [3.63, 3.8) is 0 Å². The molecule has 0 radical (unpaired) electrons. The Labute approximate surface area is 152 Å². The SMILES string of the molecule is O=c1cc(CSc2ncc(-c3ccccc3)[nH]2)nc2ccc(Cl)cn12. The minimum Gasteiger partial charge on any atom is -0.333 e. The van der Waals surface area contributed by atoms with E-state index in [2.05, 4.69) is 15.0 Å². The molecule has 0 bridgehead atoms. The molecule has 4 rings (SSSR count). The summed E-state index contributed by atoms with van der Waals surface area (Å²) in [6, 6.07) is 15.0. The van der Waals surface area contributed by atoms with Crippen molar-refractivity contribution >= 4 is 29.0 Å². The Bertz CT molecular complexity index is 1090. The lowest BCUT2D eigenvalue weighted by molar-refractivity contribution is 1.01. The van der Waals surface area contributed by atoms with Crippen LogP contribution in [0.5, 0.6) is 0 Å². The van der Waals surface area contributed by atoms with Crippen LogP contribution in [0, 0.1) is 0 Å². The maximum absolute atomic E-state index is 12.2. The second-order valence-electron chi connectivity index (χ2n) is 5.42. The van der Waals surface area contributed by atoms with Gasteiger partial charge >= 0.3 is 0 Å². The number of nitrogens with one attached hydrogen (secondary N) is 1. The van der Waals surface area contributed by atoms with Crippen LogP contribution in [0.4, 0.5) is 0 Å². The Morgan fingerprint density at radius 3 is 2.84 bits per heavy atom. The minimum atomic E-state index is -0.146. The molecule has 3 heterocycles. The van der Waals surface area contributed by atoms with Gasteiger partial charge in [0.2, 0.25) is 0 Å². The van der Waals surface area contributed by atoms with Gasteiger partial charge in [0.25, 0.3) is 5.56 Å². The Balaban J connectivity index is 1.54. The number of nitrogens with zero attached hydrogens (tertiary/aromatic N) is 3. The molecule has 0 saturated heterocycles. The van der Waals surface area contributed by atoms with Crippen LogP contribution in [0.2, 0.25) is 5.02 Å². The van der Waals surface area contributed by atoms with Crippen molar-refractivity contribution in [2.24, 2.45) is 0 Å². The summed E-state index contributed by atoms with van der Waals surface area (Å²) in [5, 5.41) is 1.29. The van der Waals surface area contributed by atoms with E-state index in [1.54, 1.807) is 18.3 Å². The minimum absolute atomic E-state index is 0.146. The molecule has 0 amide bonds. The van der Waals surface area contributed by atoms with E-state index in [9.17, 15) is 4.79 Å². The highest BCUT2D eigenvalue weighted by molar-refractivity contribution is 7.98. The predicted molar refractivity (Wildman–Crippen MR) is 100 cm³/mol. The van der Waals surface area contributed by atoms with Gasteiger partial charge in [0.05, 0.1) is 22.6 Å². The molecular weight excluding hydrogens is 356 g/mol. The molecule has 0 spiro atoms. The van der Waals surface area contributed by atoms with Crippen molar-refractivity contribution < 1.29 is 0 Å². The number of halogens is 1. The fraction of sp³-hybridized carbons (Fsp3) is 0.0556. The molecule has 0 atom stereocenters. The van der Waals surface area contributed by atoms with Gasteiger partial charge in [-0.3, -0.25) is 9.20 Å². The molecule has 3 aromatic heterocycles. The molecule has 4 aromatic rings. The van der Waals surface area contributed by atoms with Gasteiger partial charge in [-0.2, -0.15) is 0 Å². The van der Waals surface area contributed by atoms with Crippen LogP contribution in [0.15, 0.2) is 70.9 Å². The standard InChI is InChI=1S/C18H13ClN4OS/c19-13-6-7-16-21-14(8-17(24)23(16)10-13)11-25-18-20-9-15(22-18)12-4-2-1-3-5-12/h1-10H,11H2,(H,20,22). The van der Waals surface area contributed by atoms with Crippen molar-refractivity contribution in [1.29, 1.82) is 0 Å². The maximum Gasteiger partial charge on any atom is 0.258 e. The molecule has 0 unspecified atom stereocenters. The number of thioether (sulfide) groups is 1. The van der Waals surface area contributed by atoms with Gasteiger partial charge in [0.15, 0.2) is 5.16 Å². The molecule has 1 N–H and O–H groups in total. The van der Waals surface area contributed by atoms with Gasteiger partial charge < -0.3 is 4.98 Å². The van der Waals surface area contributed by atoms with E-state index in [1.807, 2.05) is 36.5 Å². The second-order valence-corrected chi connectivity index (χ2v) is 6.82. The lowest BCUT2D eigenvalue weighted by Gasteiger charge is -2.03. The van der Waals surface area contributed by atoms with Crippen molar-refractivity contribution in [2.45, 2.75) is 10.9 Å². The van der Waals surface area contributed by atoms with Crippen LogP contribution < -0.4 is 5.56 Å². The fourth-order valence-electron chi connectivity index (χ4n) is 2.48. The van der Waals surface area contributed by atoms with Crippen LogP contribution in [0.25, 0.3) is 16.9 Å². The zero-order valence-corrected chi connectivity index (χ0v) is 14.6. The first-order valence-corrected chi connectivity index (χ1v) is 8.96. The number of H-pyrrole nitrogens is 1. The summed E-state index contributed by atoms with van der Waals surface area (Å²) in [6.45, 7) is 0. The van der Waals surface area contributed by atoms with Gasteiger partial charge in [0, 0.05) is 18.0 Å². The summed E-state index contributed by atoms with van der Waals surface area (Å²) < 4.78 is 1.44. The Morgan fingerprint density at radius 1 is 1.16 bits per heavy atom. The zero-order valence-electron chi connectivity index (χ0n) is 13.0. The molecule has 7 heteroatoms. The van der Waals surface area contributed by atoms with Crippen molar-refractivity contribution in [2.75, 3.05) is 0 Å². The number of benzene rings is 1. The highest BCUT2D eigenvalue weighted by Crippen LogP contribution is 2.23. The Kier molecular flexibility index (Phi) is 4.29. The Morgan fingerprint density at radius 2 is 2.00 bits per heavy atom. The third-order valence-corrected chi connectivity index (χ3v) is 4.82. The first-order valence-electron chi connectivity index (χ1n) is 7.60. The normalized spacial score (nSPS) is 11.1. The number of aromatic amines is 1. The largest absolute Gasteiger partial charge is 0.333 e. The monoisotopic (exact) mass is 368 g/mol. The molecule has 0 saturated carbocycles. The van der Waals surface area contributed by atoms with Gasteiger partial charge in [-0.25, -0.2) is 9.97 Å². The molecular formula is C18H13ClN4OS. The second kappa shape index (κ2) is 6.74. The molecule has 0 aliphatic rings. The van der Waals surface area contributed by atoms with E-state index in [4.69, 9.17) is 11.6 Å². The average molecular weight is 369 g/mol. The summed E-state index contributed by atoms with van der Waals surface area (Å²) in [4.78, 5) is 24.3. The number of pyridine rings is 1. The van der Waals surface area contributed by atoms with Crippen molar-refractivity contribution in [3.05, 3.63) is 82.0 Å². The van der Waals surface area contributed by atoms with E-state index in [-0.39, 0.29) is 5.56 Å². The topological polar surface area (TPSA) is 63.0 Å². The van der Waals surface area contributed by atoms with Crippen molar-refractivity contribution in [3.8, 4) is 11.3 Å². The first-order chi connectivity index (χ1) is 12.2. The number of rotatable bonds is 4. The molecule has 0 fully saturated rings. The summed E-state index contributed by atoms with van der Waals surface area (Å²) in [7, 11) is 0. The number of aromatic nitrogens is 4. The third-order valence-electron chi connectivity index (χ3n) is 3.67. The molecule has 25 heavy (non-hydrogen) atoms.